The van der Waals surface area contributed by atoms with Crippen LogP contribution in [0.15, 0.2) is 12.1 Å². The third-order valence-corrected chi connectivity index (χ3v) is 2.30. The molecule has 0 aliphatic carbocycles. The van der Waals surface area contributed by atoms with Crippen molar-refractivity contribution in [3.8, 4) is 0 Å². The van der Waals surface area contributed by atoms with Gasteiger partial charge in [-0.15, -0.1) is 0 Å². The van der Waals surface area contributed by atoms with Crippen LogP contribution in [-0.2, 0) is 0 Å². The number of nitrogens with one attached hydrogen (secondary N) is 1. The van der Waals surface area contributed by atoms with Gasteiger partial charge in [-0.05, 0) is 19.0 Å². The van der Waals surface area contributed by atoms with Crippen molar-refractivity contribution in [3.05, 3.63) is 35.1 Å². The topological polar surface area (TPSA) is 12.0 Å². The van der Waals surface area contributed by atoms with E-state index in [1.807, 2.05) is 13.8 Å². The first kappa shape index (κ1) is 12.0. The number of hydrogen-bond donors (Lipinski definition) is 1. The second-order valence-corrected chi connectivity index (χ2v) is 3.28. The molecule has 0 saturated heterocycles. The smallest absolute Gasteiger partial charge is 0.194 e. The van der Waals surface area contributed by atoms with Crippen molar-refractivity contribution in [3.63, 3.8) is 0 Å². The number of halogens is 3. The van der Waals surface area contributed by atoms with E-state index in [4.69, 9.17) is 0 Å². The molecular formula is C11H14F3N. The van der Waals surface area contributed by atoms with Gasteiger partial charge in [-0.1, -0.05) is 19.9 Å². The molecule has 15 heavy (non-hydrogen) atoms. The fourth-order valence-corrected chi connectivity index (χ4v) is 1.53. The number of benzene rings is 1. The van der Waals surface area contributed by atoms with Gasteiger partial charge in [0.15, 0.2) is 17.5 Å². The minimum absolute atomic E-state index is 0.179. The summed E-state index contributed by atoms with van der Waals surface area (Å²) in [5.41, 5.74) is 0.179. The second kappa shape index (κ2) is 5.16. The summed E-state index contributed by atoms with van der Waals surface area (Å²) in [5, 5.41) is 3.01. The van der Waals surface area contributed by atoms with Crippen LogP contribution >= 0.6 is 0 Å². The van der Waals surface area contributed by atoms with Crippen molar-refractivity contribution in [2.75, 3.05) is 6.54 Å². The average molecular weight is 217 g/mol. The summed E-state index contributed by atoms with van der Waals surface area (Å²) in [6.45, 7) is 4.38. The van der Waals surface area contributed by atoms with E-state index in [0.717, 1.165) is 6.07 Å². The van der Waals surface area contributed by atoms with Gasteiger partial charge < -0.3 is 5.32 Å². The van der Waals surface area contributed by atoms with Crippen LogP contribution in [0.4, 0.5) is 13.2 Å². The fourth-order valence-electron chi connectivity index (χ4n) is 1.53. The minimum atomic E-state index is -1.40. The molecule has 84 valence electrons. The van der Waals surface area contributed by atoms with Crippen molar-refractivity contribution >= 4 is 0 Å². The molecule has 0 heterocycles. The van der Waals surface area contributed by atoms with E-state index in [9.17, 15) is 13.2 Å². The lowest BCUT2D eigenvalue weighted by atomic mass is 10.0. The monoisotopic (exact) mass is 217 g/mol. The Labute approximate surface area is 87.3 Å². The van der Waals surface area contributed by atoms with E-state index >= 15 is 0 Å². The van der Waals surface area contributed by atoms with Crippen molar-refractivity contribution < 1.29 is 13.2 Å². The summed E-state index contributed by atoms with van der Waals surface area (Å²) in [7, 11) is 0. The summed E-state index contributed by atoms with van der Waals surface area (Å²) in [4.78, 5) is 0. The molecule has 0 amide bonds. The zero-order valence-corrected chi connectivity index (χ0v) is 8.78. The maximum atomic E-state index is 13.4. The molecule has 0 saturated carbocycles. The Morgan fingerprint density at radius 1 is 1.13 bits per heavy atom. The van der Waals surface area contributed by atoms with Crippen LogP contribution in [-0.4, -0.2) is 6.54 Å². The average Bonchev–Trinajstić information content (AvgIpc) is 2.24. The van der Waals surface area contributed by atoms with E-state index in [0.29, 0.717) is 13.0 Å². The summed E-state index contributed by atoms with van der Waals surface area (Å²) in [6, 6.07) is 1.96. The van der Waals surface area contributed by atoms with E-state index in [1.54, 1.807) is 0 Å². The quantitative estimate of drug-likeness (QED) is 0.764. The molecule has 0 aliphatic heterocycles. The van der Waals surface area contributed by atoms with Crippen LogP contribution in [0.25, 0.3) is 0 Å². The van der Waals surface area contributed by atoms with E-state index in [-0.39, 0.29) is 11.6 Å². The summed E-state index contributed by atoms with van der Waals surface area (Å²) < 4.78 is 39.0. The Bertz CT molecular complexity index is 339. The predicted molar refractivity (Wildman–Crippen MR) is 53.0 cm³/mol. The minimum Gasteiger partial charge on any atom is -0.310 e. The molecule has 0 radical (unpaired) electrons. The maximum Gasteiger partial charge on any atom is 0.194 e. The number of rotatable bonds is 4. The van der Waals surface area contributed by atoms with E-state index < -0.39 is 17.5 Å². The summed E-state index contributed by atoms with van der Waals surface area (Å²) in [5.74, 6) is -3.64. The molecule has 0 aliphatic rings. The molecule has 0 bridgehead atoms. The summed E-state index contributed by atoms with van der Waals surface area (Å²) >= 11 is 0. The molecule has 1 unspecified atom stereocenters. The lowest BCUT2D eigenvalue weighted by molar-refractivity contribution is 0.423. The summed E-state index contributed by atoms with van der Waals surface area (Å²) in [6.07, 6.45) is 0.621. The molecule has 0 spiro atoms. The van der Waals surface area contributed by atoms with Gasteiger partial charge in [0, 0.05) is 11.6 Å². The Morgan fingerprint density at radius 3 is 2.33 bits per heavy atom. The lowest BCUT2D eigenvalue weighted by Gasteiger charge is -2.17. The first-order valence-corrected chi connectivity index (χ1v) is 4.98. The van der Waals surface area contributed by atoms with Crippen LogP contribution in [0.5, 0.6) is 0 Å². The highest BCUT2D eigenvalue weighted by atomic mass is 19.2. The second-order valence-electron chi connectivity index (χ2n) is 3.28. The van der Waals surface area contributed by atoms with Crippen LogP contribution in [0.2, 0.25) is 0 Å². The Kier molecular flexibility index (Phi) is 4.15. The Morgan fingerprint density at radius 2 is 1.80 bits per heavy atom. The lowest BCUT2D eigenvalue weighted by Crippen LogP contribution is -2.21. The van der Waals surface area contributed by atoms with Gasteiger partial charge in [0.25, 0.3) is 0 Å². The predicted octanol–water partition coefficient (Wildman–Crippen LogP) is 3.16. The third kappa shape index (κ3) is 2.50. The molecule has 1 atom stereocenters. The molecule has 1 aromatic rings. The van der Waals surface area contributed by atoms with Crippen LogP contribution in [0.1, 0.15) is 31.9 Å². The van der Waals surface area contributed by atoms with Gasteiger partial charge in [-0.3, -0.25) is 0 Å². The van der Waals surface area contributed by atoms with E-state index in [1.165, 1.54) is 6.07 Å². The highest BCUT2D eigenvalue weighted by Crippen LogP contribution is 2.23. The Balaban J connectivity index is 3.07. The third-order valence-electron chi connectivity index (χ3n) is 2.30. The van der Waals surface area contributed by atoms with Crippen LogP contribution < -0.4 is 5.32 Å². The Hall–Kier alpha value is -1.03. The standard InChI is InChI=1S/C11H14F3N/c1-3-9(15-4-2)7-5-6-8(12)11(14)10(7)13/h5-6,9,15H,3-4H2,1-2H3. The molecule has 4 heteroatoms. The normalized spacial score (nSPS) is 12.9. The first-order chi connectivity index (χ1) is 7.11. The molecule has 0 aromatic heterocycles. The molecule has 0 fully saturated rings. The van der Waals surface area contributed by atoms with Crippen molar-refractivity contribution in [1.82, 2.24) is 5.32 Å². The molecule has 1 nitrogen and oxygen atoms in total. The van der Waals surface area contributed by atoms with Crippen LogP contribution in [0.3, 0.4) is 0 Å². The van der Waals surface area contributed by atoms with Gasteiger partial charge in [-0.25, -0.2) is 13.2 Å². The largest absolute Gasteiger partial charge is 0.310 e. The zero-order chi connectivity index (χ0) is 11.4. The molecule has 1 rings (SSSR count). The van der Waals surface area contributed by atoms with Gasteiger partial charge in [-0.2, -0.15) is 0 Å². The molecule has 1 aromatic carbocycles. The fraction of sp³-hybridized carbons (Fsp3) is 0.455. The zero-order valence-electron chi connectivity index (χ0n) is 8.78. The van der Waals surface area contributed by atoms with Gasteiger partial charge >= 0.3 is 0 Å². The maximum absolute atomic E-state index is 13.4. The van der Waals surface area contributed by atoms with Crippen molar-refractivity contribution in [2.24, 2.45) is 0 Å². The molecule has 1 N–H and O–H groups in total. The number of hydrogen-bond acceptors (Lipinski definition) is 1. The highest BCUT2D eigenvalue weighted by molar-refractivity contribution is 5.23. The molecular weight excluding hydrogens is 203 g/mol. The highest BCUT2D eigenvalue weighted by Gasteiger charge is 2.18. The van der Waals surface area contributed by atoms with Crippen molar-refractivity contribution in [1.29, 1.82) is 0 Å². The van der Waals surface area contributed by atoms with Gasteiger partial charge in [0.2, 0.25) is 0 Å². The first-order valence-electron chi connectivity index (χ1n) is 4.98. The van der Waals surface area contributed by atoms with Gasteiger partial charge in [0.05, 0.1) is 0 Å². The van der Waals surface area contributed by atoms with Gasteiger partial charge in [0.1, 0.15) is 0 Å². The van der Waals surface area contributed by atoms with Crippen molar-refractivity contribution in [2.45, 2.75) is 26.3 Å². The van der Waals surface area contributed by atoms with E-state index in [2.05, 4.69) is 5.32 Å². The van der Waals surface area contributed by atoms with Crippen LogP contribution in [0, 0.1) is 17.5 Å². The SMILES string of the molecule is CCNC(CC)c1ccc(F)c(F)c1F.